The molecule has 0 spiro atoms. The van der Waals surface area contributed by atoms with Crippen LogP contribution >= 0.6 is 23.2 Å². The Hall–Kier alpha value is -1.46. The van der Waals surface area contributed by atoms with Crippen LogP contribution in [0.5, 0.6) is 0 Å². The van der Waals surface area contributed by atoms with Crippen LogP contribution in [0.1, 0.15) is 0 Å². The van der Waals surface area contributed by atoms with Gasteiger partial charge in [-0.3, -0.25) is 0 Å². The summed E-state index contributed by atoms with van der Waals surface area (Å²) in [5.74, 6) is -1.38. The van der Waals surface area contributed by atoms with Gasteiger partial charge in [-0.25, -0.2) is 4.79 Å². The molecule has 2 N–H and O–H groups in total. The molecule has 0 heterocycles. The number of hydrogen-bond acceptors (Lipinski definition) is 3. The molecule has 0 aliphatic carbocycles. The lowest BCUT2D eigenvalue weighted by molar-refractivity contribution is -0.303. The largest absolute Gasteiger partial charge is 0.548 e. The molecule has 1 aromatic carbocycles. The summed E-state index contributed by atoms with van der Waals surface area (Å²) in [6.07, 6.45) is 0. The molecule has 16 heavy (non-hydrogen) atoms. The van der Waals surface area contributed by atoms with Crippen molar-refractivity contribution in [2.24, 2.45) is 0 Å². The van der Waals surface area contributed by atoms with Crippen molar-refractivity contribution in [1.82, 2.24) is 5.32 Å². The first-order valence-corrected chi connectivity index (χ1v) is 4.94. The van der Waals surface area contributed by atoms with E-state index in [9.17, 15) is 14.7 Å². The molecule has 7 heteroatoms. The van der Waals surface area contributed by atoms with Crippen LogP contribution in [0.15, 0.2) is 18.2 Å². The van der Waals surface area contributed by atoms with Crippen LogP contribution in [0.4, 0.5) is 10.5 Å². The Kier molecular flexibility index (Phi) is 4.39. The molecule has 0 saturated heterocycles. The Morgan fingerprint density at radius 1 is 1.19 bits per heavy atom. The molecule has 5 nitrogen and oxygen atoms in total. The van der Waals surface area contributed by atoms with E-state index >= 15 is 0 Å². The molecule has 0 unspecified atom stereocenters. The van der Waals surface area contributed by atoms with Crippen molar-refractivity contribution < 1.29 is 14.7 Å². The Labute approximate surface area is 101 Å². The average molecular weight is 262 g/mol. The third kappa shape index (κ3) is 4.37. The second kappa shape index (κ2) is 5.58. The number of amides is 2. The lowest BCUT2D eigenvalue weighted by atomic mass is 10.3. The van der Waals surface area contributed by atoms with Crippen LogP contribution in [0, 0.1) is 0 Å². The van der Waals surface area contributed by atoms with Gasteiger partial charge in [0.15, 0.2) is 0 Å². The first-order valence-electron chi connectivity index (χ1n) is 4.18. The number of halogens is 2. The molecule has 0 aromatic heterocycles. The second-order valence-electron chi connectivity index (χ2n) is 2.84. The summed E-state index contributed by atoms with van der Waals surface area (Å²) in [4.78, 5) is 21.2. The van der Waals surface area contributed by atoms with Crippen molar-refractivity contribution in [2.75, 3.05) is 11.9 Å². The van der Waals surface area contributed by atoms with Crippen molar-refractivity contribution in [3.63, 3.8) is 0 Å². The van der Waals surface area contributed by atoms with Crippen molar-refractivity contribution in [3.8, 4) is 0 Å². The van der Waals surface area contributed by atoms with Gasteiger partial charge < -0.3 is 20.5 Å². The van der Waals surface area contributed by atoms with E-state index in [0.717, 1.165) is 0 Å². The lowest BCUT2D eigenvalue weighted by Gasteiger charge is -2.08. The first-order chi connectivity index (χ1) is 7.47. The zero-order valence-corrected chi connectivity index (χ0v) is 9.43. The molecule has 0 bridgehead atoms. The molecule has 0 saturated carbocycles. The quantitative estimate of drug-likeness (QED) is 0.847. The van der Waals surface area contributed by atoms with Gasteiger partial charge in [0.2, 0.25) is 0 Å². The highest BCUT2D eigenvalue weighted by Crippen LogP contribution is 2.22. The number of carboxylic acid groups (broad SMARTS) is 1. The van der Waals surface area contributed by atoms with Gasteiger partial charge in [-0.2, -0.15) is 0 Å². The Bertz CT molecular complexity index is 403. The minimum absolute atomic E-state index is 0.364. The minimum atomic E-state index is -1.38. The van der Waals surface area contributed by atoms with E-state index in [-0.39, 0.29) is 0 Å². The molecule has 0 aliphatic rings. The van der Waals surface area contributed by atoms with Crippen molar-refractivity contribution in [1.29, 1.82) is 0 Å². The molecule has 0 atom stereocenters. The highest BCUT2D eigenvalue weighted by atomic mass is 35.5. The van der Waals surface area contributed by atoms with Crippen molar-refractivity contribution in [3.05, 3.63) is 28.2 Å². The average Bonchev–Trinajstić information content (AvgIpc) is 2.12. The minimum Gasteiger partial charge on any atom is -0.548 e. The van der Waals surface area contributed by atoms with Gasteiger partial charge in [0.1, 0.15) is 0 Å². The van der Waals surface area contributed by atoms with Gasteiger partial charge in [-0.1, -0.05) is 23.2 Å². The van der Waals surface area contributed by atoms with Gasteiger partial charge >= 0.3 is 6.03 Å². The predicted octanol–water partition coefficient (Wildman–Crippen LogP) is 0.865. The van der Waals surface area contributed by atoms with Crippen LogP contribution in [-0.2, 0) is 4.79 Å². The fourth-order valence-electron chi connectivity index (χ4n) is 0.954. The highest BCUT2D eigenvalue weighted by molar-refractivity contribution is 6.35. The molecule has 2 amide bonds. The number of hydrogen-bond donors (Lipinski definition) is 2. The normalized spacial score (nSPS) is 9.62. The molecule has 0 radical (unpaired) electrons. The number of aliphatic carboxylic acids is 1. The zero-order chi connectivity index (χ0) is 12.1. The smallest absolute Gasteiger partial charge is 0.319 e. The summed E-state index contributed by atoms with van der Waals surface area (Å²) in [6, 6.07) is 3.79. The predicted molar refractivity (Wildman–Crippen MR) is 58.5 cm³/mol. The Morgan fingerprint density at radius 3 is 2.25 bits per heavy atom. The topological polar surface area (TPSA) is 81.3 Å². The fourth-order valence-corrected chi connectivity index (χ4v) is 1.48. The summed E-state index contributed by atoms with van der Waals surface area (Å²) < 4.78 is 0. The van der Waals surface area contributed by atoms with E-state index in [0.29, 0.717) is 15.7 Å². The summed E-state index contributed by atoms with van der Waals surface area (Å²) >= 11 is 11.4. The van der Waals surface area contributed by atoms with Gasteiger partial charge in [-0.15, -0.1) is 0 Å². The summed E-state index contributed by atoms with van der Waals surface area (Å²) in [7, 11) is 0. The van der Waals surface area contributed by atoms with Crippen LogP contribution in [0.2, 0.25) is 10.0 Å². The van der Waals surface area contributed by atoms with E-state index in [1.165, 1.54) is 18.2 Å². The van der Waals surface area contributed by atoms with Crippen molar-refractivity contribution >= 4 is 40.9 Å². The SMILES string of the molecule is O=C([O-])CNC(=O)Nc1cc(Cl)cc(Cl)c1. The second-order valence-corrected chi connectivity index (χ2v) is 3.71. The monoisotopic (exact) mass is 261 g/mol. The third-order valence-corrected chi connectivity index (χ3v) is 1.95. The van der Waals surface area contributed by atoms with E-state index < -0.39 is 18.5 Å². The summed E-state index contributed by atoms with van der Waals surface area (Å²) in [6.45, 7) is -0.569. The van der Waals surface area contributed by atoms with Crippen LogP contribution in [0.3, 0.4) is 0 Å². The number of anilines is 1. The fraction of sp³-hybridized carbons (Fsp3) is 0.111. The van der Waals surface area contributed by atoms with Crippen LogP contribution < -0.4 is 15.7 Å². The number of carbonyl (C=O) groups excluding carboxylic acids is 2. The maximum absolute atomic E-state index is 11.1. The molecular weight excluding hydrogens is 255 g/mol. The molecule has 1 aromatic rings. The van der Waals surface area contributed by atoms with Gasteiger partial charge in [-0.05, 0) is 18.2 Å². The third-order valence-electron chi connectivity index (χ3n) is 1.51. The first kappa shape index (κ1) is 12.6. The zero-order valence-electron chi connectivity index (χ0n) is 7.92. The van der Waals surface area contributed by atoms with E-state index in [1.807, 2.05) is 0 Å². The molecule has 1 rings (SSSR count). The van der Waals surface area contributed by atoms with E-state index in [4.69, 9.17) is 23.2 Å². The van der Waals surface area contributed by atoms with Crippen LogP contribution in [0.25, 0.3) is 0 Å². The standard InChI is InChI=1S/C9H8Cl2N2O3/c10-5-1-6(11)3-7(2-5)13-9(16)12-4-8(14)15/h1-3H,4H2,(H,14,15)(H2,12,13,16)/p-1. The number of urea groups is 1. The lowest BCUT2D eigenvalue weighted by Crippen LogP contribution is -2.39. The number of rotatable bonds is 3. The highest BCUT2D eigenvalue weighted by Gasteiger charge is 2.03. The Morgan fingerprint density at radius 2 is 1.75 bits per heavy atom. The number of carboxylic acids is 1. The van der Waals surface area contributed by atoms with Gasteiger partial charge in [0, 0.05) is 15.7 Å². The van der Waals surface area contributed by atoms with E-state index in [2.05, 4.69) is 10.6 Å². The summed E-state index contributed by atoms with van der Waals surface area (Å²) in [5.41, 5.74) is 0.369. The van der Waals surface area contributed by atoms with Crippen LogP contribution in [-0.4, -0.2) is 18.5 Å². The number of nitrogens with one attached hydrogen (secondary N) is 2. The van der Waals surface area contributed by atoms with E-state index in [1.54, 1.807) is 0 Å². The Balaban J connectivity index is 2.59. The summed E-state index contributed by atoms with van der Waals surface area (Å²) in [5, 5.41) is 15.2. The molecular formula is C9H7Cl2N2O3-. The van der Waals surface area contributed by atoms with Crippen molar-refractivity contribution in [2.45, 2.75) is 0 Å². The number of carbonyl (C=O) groups is 2. The maximum Gasteiger partial charge on any atom is 0.319 e. The molecule has 86 valence electrons. The molecule has 0 fully saturated rings. The van der Waals surface area contributed by atoms with Gasteiger partial charge in [0.25, 0.3) is 0 Å². The van der Waals surface area contributed by atoms with Gasteiger partial charge in [0.05, 0.1) is 12.5 Å². The maximum atomic E-state index is 11.1. The molecule has 0 aliphatic heterocycles. The number of benzene rings is 1.